The van der Waals surface area contributed by atoms with Gasteiger partial charge in [-0.15, -0.1) is 0 Å². The molecule has 1 fully saturated rings. The van der Waals surface area contributed by atoms with E-state index in [1.165, 1.54) is 4.31 Å². The molecule has 0 saturated carbocycles. The van der Waals surface area contributed by atoms with E-state index in [0.29, 0.717) is 6.54 Å². The van der Waals surface area contributed by atoms with E-state index >= 15 is 0 Å². The molecule has 0 aromatic carbocycles. The van der Waals surface area contributed by atoms with Crippen LogP contribution in [0.5, 0.6) is 0 Å². The Labute approximate surface area is 103 Å². The molecule has 5 nitrogen and oxygen atoms in total. The van der Waals surface area contributed by atoms with Crippen LogP contribution in [-0.4, -0.2) is 41.6 Å². The van der Waals surface area contributed by atoms with Crippen LogP contribution < -0.4 is 0 Å². The standard InChI is InChI=1S/C11H21NO4S/c1-8-6-12(17(15,16)7-8)11(4,5)10(2,3)9(13)14/h8H,6-7H2,1-5H3,(H,13,14). The first-order valence-corrected chi connectivity index (χ1v) is 7.28. The largest absolute Gasteiger partial charge is 0.481 e. The third-order valence-corrected chi connectivity index (χ3v) is 6.26. The lowest BCUT2D eigenvalue weighted by Gasteiger charge is -2.44. The zero-order valence-electron chi connectivity index (χ0n) is 11.0. The molecule has 17 heavy (non-hydrogen) atoms. The van der Waals surface area contributed by atoms with Gasteiger partial charge in [0.1, 0.15) is 0 Å². The fourth-order valence-electron chi connectivity index (χ4n) is 2.05. The summed E-state index contributed by atoms with van der Waals surface area (Å²) in [6.07, 6.45) is 0. The number of hydrogen-bond acceptors (Lipinski definition) is 3. The lowest BCUT2D eigenvalue weighted by atomic mass is 9.74. The Kier molecular flexibility index (Phi) is 3.35. The Morgan fingerprint density at radius 3 is 2.06 bits per heavy atom. The lowest BCUT2D eigenvalue weighted by molar-refractivity contribution is -0.153. The molecular formula is C11H21NO4S. The van der Waals surface area contributed by atoms with Crippen molar-refractivity contribution in [2.24, 2.45) is 11.3 Å². The van der Waals surface area contributed by atoms with Crippen molar-refractivity contribution < 1.29 is 18.3 Å². The molecule has 0 aromatic rings. The molecule has 0 bridgehead atoms. The molecule has 0 radical (unpaired) electrons. The summed E-state index contributed by atoms with van der Waals surface area (Å²) in [4.78, 5) is 11.3. The SMILES string of the molecule is CC1CN(C(C)(C)C(C)(C)C(=O)O)S(=O)(=O)C1. The van der Waals surface area contributed by atoms with E-state index in [9.17, 15) is 18.3 Å². The predicted molar refractivity (Wildman–Crippen MR) is 65.2 cm³/mol. The summed E-state index contributed by atoms with van der Waals surface area (Å²) in [7, 11) is -3.34. The zero-order chi connectivity index (χ0) is 13.6. The van der Waals surface area contributed by atoms with Gasteiger partial charge in [-0.05, 0) is 33.6 Å². The first-order valence-electron chi connectivity index (χ1n) is 5.67. The van der Waals surface area contributed by atoms with Crippen LogP contribution >= 0.6 is 0 Å². The van der Waals surface area contributed by atoms with Gasteiger partial charge in [-0.2, -0.15) is 4.31 Å². The van der Waals surface area contributed by atoms with Crippen LogP contribution in [-0.2, 0) is 14.8 Å². The number of nitrogens with zero attached hydrogens (tertiary/aromatic N) is 1. The maximum Gasteiger partial charge on any atom is 0.310 e. The Balaban J connectivity index is 3.20. The van der Waals surface area contributed by atoms with E-state index in [1.54, 1.807) is 27.7 Å². The van der Waals surface area contributed by atoms with Gasteiger partial charge in [0.2, 0.25) is 10.0 Å². The molecule has 0 aromatic heterocycles. The predicted octanol–water partition coefficient (Wildman–Crippen LogP) is 1.16. The Morgan fingerprint density at radius 2 is 1.76 bits per heavy atom. The molecule has 1 N–H and O–H groups in total. The average molecular weight is 263 g/mol. The molecule has 1 atom stereocenters. The highest BCUT2D eigenvalue weighted by atomic mass is 32.2. The number of aliphatic carboxylic acids is 1. The van der Waals surface area contributed by atoms with Crippen LogP contribution in [0.25, 0.3) is 0 Å². The fourth-order valence-corrected chi connectivity index (χ4v) is 4.46. The number of hydrogen-bond donors (Lipinski definition) is 1. The van der Waals surface area contributed by atoms with Crippen molar-refractivity contribution in [1.82, 2.24) is 4.31 Å². The lowest BCUT2D eigenvalue weighted by Crippen LogP contribution is -2.57. The minimum absolute atomic E-state index is 0.0452. The minimum Gasteiger partial charge on any atom is -0.481 e. The Hall–Kier alpha value is -0.620. The van der Waals surface area contributed by atoms with Crippen molar-refractivity contribution in [3.05, 3.63) is 0 Å². The monoisotopic (exact) mass is 263 g/mol. The van der Waals surface area contributed by atoms with Crippen molar-refractivity contribution in [1.29, 1.82) is 0 Å². The van der Waals surface area contributed by atoms with Gasteiger partial charge in [0.05, 0.1) is 11.2 Å². The molecule has 1 unspecified atom stereocenters. The summed E-state index contributed by atoms with van der Waals surface area (Å²) >= 11 is 0. The van der Waals surface area contributed by atoms with E-state index in [-0.39, 0.29) is 11.7 Å². The second kappa shape index (κ2) is 3.95. The molecule has 0 spiro atoms. The van der Waals surface area contributed by atoms with E-state index in [0.717, 1.165) is 0 Å². The molecule has 1 saturated heterocycles. The van der Waals surface area contributed by atoms with Crippen LogP contribution in [0.2, 0.25) is 0 Å². The van der Waals surface area contributed by atoms with Gasteiger partial charge in [0.15, 0.2) is 0 Å². The van der Waals surface area contributed by atoms with Gasteiger partial charge in [-0.1, -0.05) is 6.92 Å². The normalized spacial score (nSPS) is 26.1. The number of carboxylic acid groups (broad SMARTS) is 1. The Bertz CT molecular complexity index is 425. The van der Waals surface area contributed by atoms with E-state index < -0.39 is 26.9 Å². The molecule has 6 heteroatoms. The van der Waals surface area contributed by atoms with Crippen LogP contribution in [0.3, 0.4) is 0 Å². The minimum atomic E-state index is -3.34. The number of carboxylic acids is 1. The fraction of sp³-hybridized carbons (Fsp3) is 0.909. The highest BCUT2D eigenvalue weighted by molar-refractivity contribution is 7.89. The van der Waals surface area contributed by atoms with Gasteiger partial charge in [-0.25, -0.2) is 8.42 Å². The average Bonchev–Trinajstić information content (AvgIpc) is 2.39. The molecule has 0 aliphatic carbocycles. The first-order chi connectivity index (χ1) is 7.43. The van der Waals surface area contributed by atoms with Crippen molar-refractivity contribution in [3.8, 4) is 0 Å². The summed E-state index contributed by atoms with van der Waals surface area (Å²) < 4.78 is 25.4. The molecule has 1 heterocycles. The number of sulfonamides is 1. The second-order valence-corrected chi connectivity index (χ2v) is 7.84. The summed E-state index contributed by atoms with van der Waals surface area (Å²) in [5.74, 6) is -0.840. The molecule has 1 rings (SSSR count). The van der Waals surface area contributed by atoms with Gasteiger partial charge in [0, 0.05) is 12.1 Å². The topological polar surface area (TPSA) is 74.7 Å². The molecule has 100 valence electrons. The highest BCUT2D eigenvalue weighted by Gasteiger charge is 2.53. The van der Waals surface area contributed by atoms with E-state index in [4.69, 9.17) is 0 Å². The zero-order valence-corrected chi connectivity index (χ0v) is 11.8. The molecular weight excluding hydrogens is 242 g/mol. The van der Waals surface area contributed by atoms with Gasteiger partial charge < -0.3 is 5.11 Å². The highest BCUT2D eigenvalue weighted by Crippen LogP contribution is 2.40. The van der Waals surface area contributed by atoms with Crippen molar-refractivity contribution >= 4 is 16.0 Å². The molecule has 1 aliphatic heterocycles. The van der Waals surface area contributed by atoms with Crippen LogP contribution in [0.15, 0.2) is 0 Å². The van der Waals surface area contributed by atoms with Gasteiger partial charge >= 0.3 is 5.97 Å². The summed E-state index contributed by atoms with van der Waals surface area (Å²) in [5.41, 5.74) is -2.08. The van der Waals surface area contributed by atoms with Crippen molar-refractivity contribution in [3.63, 3.8) is 0 Å². The van der Waals surface area contributed by atoms with E-state index in [1.807, 2.05) is 6.92 Å². The summed E-state index contributed by atoms with van der Waals surface area (Å²) in [6.45, 7) is 8.74. The molecule has 1 aliphatic rings. The van der Waals surface area contributed by atoms with Crippen molar-refractivity contribution in [2.45, 2.75) is 40.2 Å². The summed E-state index contributed by atoms with van der Waals surface area (Å²) in [5, 5.41) is 9.25. The smallest absolute Gasteiger partial charge is 0.310 e. The first kappa shape index (κ1) is 14.4. The van der Waals surface area contributed by atoms with Crippen molar-refractivity contribution in [2.75, 3.05) is 12.3 Å². The van der Waals surface area contributed by atoms with Gasteiger partial charge in [0.25, 0.3) is 0 Å². The van der Waals surface area contributed by atoms with Crippen LogP contribution in [0.1, 0.15) is 34.6 Å². The quantitative estimate of drug-likeness (QED) is 0.829. The second-order valence-electron chi connectivity index (χ2n) is 5.90. The maximum absolute atomic E-state index is 12.0. The van der Waals surface area contributed by atoms with E-state index in [2.05, 4.69) is 0 Å². The number of carbonyl (C=O) groups is 1. The maximum atomic E-state index is 12.0. The van der Waals surface area contributed by atoms with Gasteiger partial charge in [-0.3, -0.25) is 4.79 Å². The Morgan fingerprint density at radius 1 is 1.29 bits per heavy atom. The molecule has 0 amide bonds. The van der Waals surface area contributed by atoms with Crippen LogP contribution in [0.4, 0.5) is 0 Å². The summed E-state index contributed by atoms with van der Waals surface area (Å²) in [6, 6.07) is 0. The third kappa shape index (κ3) is 2.20. The van der Waals surface area contributed by atoms with Crippen LogP contribution in [0, 0.1) is 11.3 Å². The third-order valence-electron chi connectivity index (χ3n) is 4.00. The number of rotatable bonds is 3.